The van der Waals surface area contributed by atoms with Crippen LogP contribution in [0.3, 0.4) is 0 Å². The summed E-state index contributed by atoms with van der Waals surface area (Å²) in [6, 6.07) is 5.24. The van der Waals surface area contributed by atoms with Crippen LogP contribution >= 0.6 is 22.9 Å². The zero-order valence-corrected chi connectivity index (χ0v) is 17.8. The third kappa shape index (κ3) is 4.67. The number of anilines is 1. The van der Waals surface area contributed by atoms with Crippen molar-refractivity contribution in [1.29, 1.82) is 0 Å². The summed E-state index contributed by atoms with van der Waals surface area (Å²) in [5, 5.41) is 4.05. The topological polar surface area (TPSA) is 64.6 Å². The van der Waals surface area contributed by atoms with Crippen molar-refractivity contribution in [2.45, 2.75) is 40.0 Å². The van der Waals surface area contributed by atoms with Gasteiger partial charge < -0.3 is 14.8 Å². The maximum atomic E-state index is 12.5. The largest absolute Gasteiger partial charge is 0.484 e. The van der Waals surface area contributed by atoms with E-state index in [9.17, 15) is 9.59 Å². The number of ether oxygens (including phenoxy) is 2. The van der Waals surface area contributed by atoms with Gasteiger partial charge in [0.15, 0.2) is 6.61 Å². The second-order valence-corrected chi connectivity index (χ2v) is 8.54. The molecule has 0 spiro atoms. The lowest BCUT2D eigenvalue weighted by Gasteiger charge is -2.18. The van der Waals surface area contributed by atoms with Crippen molar-refractivity contribution in [3.05, 3.63) is 44.8 Å². The summed E-state index contributed by atoms with van der Waals surface area (Å²) in [5.74, 6) is 0.451. The van der Waals surface area contributed by atoms with Gasteiger partial charge in [0, 0.05) is 9.90 Å². The smallest absolute Gasteiger partial charge is 0.341 e. The van der Waals surface area contributed by atoms with E-state index in [1.54, 1.807) is 25.1 Å². The van der Waals surface area contributed by atoms with Crippen LogP contribution in [0.4, 0.5) is 5.00 Å². The highest BCUT2D eigenvalue weighted by molar-refractivity contribution is 7.17. The van der Waals surface area contributed by atoms with Gasteiger partial charge in [-0.25, -0.2) is 4.79 Å². The quantitative estimate of drug-likeness (QED) is 0.664. The second kappa shape index (κ2) is 8.97. The standard InChI is InChI=1S/C21H24ClNO4S/c1-4-26-21(25)19-15-7-5-12(2)9-17(15)28-20(19)23-18(24)11-27-14-6-8-16(22)13(3)10-14/h6,8,10,12H,4-5,7,9,11H2,1-3H3,(H,23,24). The van der Waals surface area contributed by atoms with Gasteiger partial charge in [-0.3, -0.25) is 4.79 Å². The van der Waals surface area contributed by atoms with E-state index >= 15 is 0 Å². The van der Waals surface area contributed by atoms with Crippen LogP contribution in [0.2, 0.25) is 5.02 Å². The molecule has 1 unspecified atom stereocenters. The molecular weight excluding hydrogens is 398 g/mol. The molecule has 7 heteroatoms. The Kier molecular flexibility index (Phi) is 6.62. The molecule has 1 amide bonds. The summed E-state index contributed by atoms with van der Waals surface area (Å²) < 4.78 is 10.8. The molecular formula is C21H24ClNO4S. The minimum absolute atomic E-state index is 0.150. The molecule has 1 aromatic carbocycles. The first-order valence-electron chi connectivity index (χ1n) is 9.39. The fourth-order valence-corrected chi connectivity index (χ4v) is 4.81. The molecule has 28 heavy (non-hydrogen) atoms. The monoisotopic (exact) mass is 421 g/mol. The van der Waals surface area contributed by atoms with E-state index in [0.29, 0.717) is 33.9 Å². The van der Waals surface area contributed by atoms with Gasteiger partial charge in [-0.1, -0.05) is 18.5 Å². The number of aryl methyl sites for hydroxylation is 1. The lowest BCUT2D eigenvalue weighted by molar-refractivity contribution is -0.118. The molecule has 2 aromatic rings. The van der Waals surface area contributed by atoms with Gasteiger partial charge >= 0.3 is 5.97 Å². The number of thiophene rings is 1. The Morgan fingerprint density at radius 2 is 2.14 bits per heavy atom. The Balaban J connectivity index is 1.74. The Labute approximate surface area is 174 Å². The number of halogens is 1. The Morgan fingerprint density at radius 3 is 2.86 bits per heavy atom. The number of nitrogens with one attached hydrogen (secondary N) is 1. The highest BCUT2D eigenvalue weighted by atomic mass is 35.5. The molecule has 1 aromatic heterocycles. The number of amides is 1. The van der Waals surface area contributed by atoms with Crippen molar-refractivity contribution in [2.75, 3.05) is 18.5 Å². The van der Waals surface area contributed by atoms with Crippen LogP contribution in [0.1, 0.15) is 46.6 Å². The Hall–Kier alpha value is -2.05. The molecule has 1 heterocycles. The van der Waals surface area contributed by atoms with E-state index in [4.69, 9.17) is 21.1 Å². The molecule has 0 radical (unpaired) electrons. The van der Waals surface area contributed by atoms with Crippen LogP contribution in [-0.2, 0) is 22.4 Å². The van der Waals surface area contributed by atoms with Crippen molar-refractivity contribution >= 4 is 39.8 Å². The summed E-state index contributed by atoms with van der Waals surface area (Å²) in [7, 11) is 0. The van der Waals surface area contributed by atoms with Crippen molar-refractivity contribution in [3.8, 4) is 5.75 Å². The Bertz CT molecular complexity index is 893. The summed E-state index contributed by atoms with van der Waals surface area (Å²) in [5.41, 5.74) is 2.40. The first-order chi connectivity index (χ1) is 13.4. The molecule has 0 aliphatic heterocycles. The van der Waals surface area contributed by atoms with Crippen molar-refractivity contribution in [3.63, 3.8) is 0 Å². The predicted molar refractivity (Wildman–Crippen MR) is 112 cm³/mol. The zero-order valence-electron chi connectivity index (χ0n) is 16.3. The molecule has 0 saturated carbocycles. The summed E-state index contributed by atoms with van der Waals surface area (Å²) in [4.78, 5) is 26.1. The van der Waals surface area contributed by atoms with Crippen LogP contribution < -0.4 is 10.1 Å². The third-order valence-corrected chi connectivity index (χ3v) is 6.34. The van der Waals surface area contributed by atoms with Crippen molar-refractivity contribution in [2.24, 2.45) is 5.92 Å². The van der Waals surface area contributed by atoms with Gasteiger partial charge in [0.1, 0.15) is 10.8 Å². The summed E-state index contributed by atoms with van der Waals surface area (Å²) in [6.07, 6.45) is 2.78. The first kappa shape index (κ1) is 20.7. The number of carbonyl (C=O) groups excluding carboxylic acids is 2. The van der Waals surface area contributed by atoms with E-state index in [-0.39, 0.29) is 18.5 Å². The molecule has 0 saturated heterocycles. The fourth-order valence-electron chi connectivity index (χ4n) is 3.28. The summed E-state index contributed by atoms with van der Waals surface area (Å²) >= 11 is 7.47. The average molecular weight is 422 g/mol. The van der Waals surface area contributed by atoms with Gasteiger partial charge in [-0.2, -0.15) is 0 Å². The SMILES string of the molecule is CCOC(=O)c1c(NC(=O)COc2ccc(Cl)c(C)c2)sc2c1CCC(C)C2. The molecule has 0 bridgehead atoms. The average Bonchev–Trinajstić information content (AvgIpc) is 2.99. The maximum Gasteiger partial charge on any atom is 0.341 e. The van der Waals surface area contributed by atoms with E-state index in [1.165, 1.54) is 11.3 Å². The lowest BCUT2D eigenvalue weighted by atomic mass is 9.88. The van der Waals surface area contributed by atoms with Gasteiger partial charge in [0.25, 0.3) is 5.91 Å². The van der Waals surface area contributed by atoms with E-state index in [1.807, 2.05) is 6.92 Å². The normalized spacial score (nSPS) is 15.6. The van der Waals surface area contributed by atoms with Crippen LogP contribution in [0.15, 0.2) is 18.2 Å². The van der Waals surface area contributed by atoms with Crippen LogP contribution in [0, 0.1) is 12.8 Å². The highest BCUT2D eigenvalue weighted by Gasteiger charge is 2.29. The van der Waals surface area contributed by atoms with Crippen molar-refractivity contribution in [1.82, 2.24) is 0 Å². The number of carbonyl (C=O) groups is 2. The minimum Gasteiger partial charge on any atom is -0.484 e. The van der Waals surface area contributed by atoms with Gasteiger partial charge in [0.2, 0.25) is 0 Å². The van der Waals surface area contributed by atoms with E-state index in [0.717, 1.165) is 35.3 Å². The number of hydrogen-bond acceptors (Lipinski definition) is 5. The Morgan fingerprint density at radius 1 is 1.36 bits per heavy atom. The molecule has 0 fully saturated rings. The van der Waals surface area contributed by atoms with Crippen molar-refractivity contribution < 1.29 is 19.1 Å². The number of benzene rings is 1. The third-order valence-electron chi connectivity index (χ3n) is 4.74. The second-order valence-electron chi connectivity index (χ2n) is 7.02. The van der Waals surface area contributed by atoms with Gasteiger partial charge in [0.05, 0.1) is 12.2 Å². The molecule has 1 aliphatic carbocycles. The summed E-state index contributed by atoms with van der Waals surface area (Å²) in [6.45, 7) is 6.00. The molecule has 1 N–H and O–H groups in total. The number of esters is 1. The molecule has 5 nitrogen and oxygen atoms in total. The van der Waals surface area contributed by atoms with E-state index in [2.05, 4.69) is 12.2 Å². The zero-order chi connectivity index (χ0) is 20.3. The van der Waals surface area contributed by atoms with Crippen LogP contribution in [0.25, 0.3) is 0 Å². The number of fused-ring (bicyclic) bond motifs is 1. The number of hydrogen-bond donors (Lipinski definition) is 1. The maximum absolute atomic E-state index is 12.5. The molecule has 1 aliphatic rings. The van der Waals surface area contributed by atoms with Crippen LogP contribution in [0.5, 0.6) is 5.75 Å². The van der Waals surface area contributed by atoms with Crippen LogP contribution in [-0.4, -0.2) is 25.1 Å². The van der Waals surface area contributed by atoms with E-state index < -0.39 is 0 Å². The minimum atomic E-state index is -0.376. The highest BCUT2D eigenvalue weighted by Crippen LogP contribution is 2.40. The van der Waals surface area contributed by atoms with Gasteiger partial charge in [-0.15, -0.1) is 11.3 Å². The molecule has 1 atom stereocenters. The molecule has 150 valence electrons. The first-order valence-corrected chi connectivity index (χ1v) is 10.6. The van der Waals surface area contributed by atoms with Gasteiger partial charge in [-0.05, 0) is 68.4 Å². The lowest BCUT2D eigenvalue weighted by Crippen LogP contribution is -2.21. The molecule has 3 rings (SSSR count). The fraction of sp³-hybridized carbons (Fsp3) is 0.429. The predicted octanol–water partition coefficient (Wildman–Crippen LogP) is 5.03. The number of rotatable bonds is 6.